The first kappa shape index (κ1) is 16.4. The molecule has 0 aromatic heterocycles. The molecule has 0 saturated heterocycles. The average Bonchev–Trinajstić information content (AvgIpc) is 2.27. The van der Waals surface area contributed by atoms with Crippen LogP contribution in [0.25, 0.3) is 0 Å². The molecule has 0 radical (unpaired) electrons. The van der Waals surface area contributed by atoms with Crippen molar-refractivity contribution in [3.8, 4) is 0 Å². The van der Waals surface area contributed by atoms with E-state index in [2.05, 4.69) is 0 Å². The Labute approximate surface area is 116 Å². The highest BCUT2D eigenvalue weighted by molar-refractivity contribution is 5.71. The normalized spacial score (nSPS) is 24.2. The zero-order valence-electron chi connectivity index (χ0n) is 12.7. The highest BCUT2D eigenvalue weighted by Crippen LogP contribution is 2.26. The number of esters is 1. The predicted molar refractivity (Wildman–Crippen MR) is 74.0 cm³/mol. The molecule has 0 aliphatic heterocycles. The second kappa shape index (κ2) is 7.85. The Kier molecular flexibility index (Phi) is 6.80. The van der Waals surface area contributed by atoms with Gasteiger partial charge in [-0.3, -0.25) is 0 Å². The van der Waals surface area contributed by atoms with Gasteiger partial charge in [-0.2, -0.15) is 0 Å². The molecule has 1 aliphatic rings. The van der Waals surface area contributed by atoms with Gasteiger partial charge in [-0.05, 0) is 52.9 Å². The van der Waals surface area contributed by atoms with E-state index in [1.807, 2.05) is 27.7 Å². The Hall–Kier alpha value is -0.610. The predicted octanol–water partition coefficient (Wildman–Crippen LogP) is 2.94. The molecule has 0 bridgehead atoms. The minimum absolute atomic E-state index is 0.0487. The van der Waals surface area contributed by atoms with E-state index in [9.17, 15) is 4.79 Å². The maximum atomic E-state index is 11.5. The summed E-state index contributed by atoms with van der Waals surface area (Å²) in [5.41, 5.74) is -0.439. The van der Waals surface area contributed by atoms with Crippen LogP contribution in [0.5, 0.6) is 0 Å². The van der Waals surface area contributed by atoms with E-state index in [4.69, 9.17) is 14.2 Å². The van der Waals surface area contributed by atoms with Crippen molar-refractivity contribution in [3.63, 3.8) is 0 Å². The van der Waals surface area contributed by atoms with Gasteiger partial charge in [0.2, 0.25) is 0 Å². The summed E-state index contributed by atoms with van der Waals surface area (Å²) in [6.07, 6.45) is 4.91. The molecule has 4 nitrogen and oxygen atoms in total. The Morgan fingerprint density at radius 2 is 2.00 bits per heavy atom. The summed E-state index contributed by atoms with van der Waals surface area (Å²) in [6, 6.07) is 0. The maximum absolute atomic E-state index is 11.5. The topological polar surface area (TPSA) is 44.8 Å². The number of rotatable bonds is 6. The minimum atomic E-state index is -0.439. The van der Waals surface area contributed by atoms with Crippen molar-refractivity contribution in [2.24, 2.45) is 5.92 Å². The van der Waals surface area contributed by atoms with Gasteiger partial charge in [0.15, 0.2) is 0 Å². The molecule has 0 spiro atoms. The van der Waals surface area contributed by atoms with Crippen LogP contribution in [0.3, 0.4) is 0 Å². The van der Waals surface area contributed by atoms with Crippen molar-refractivity contribution in [2.45, 2.75) is 65.1 Å². The molecule has 1 fully saturated rings. The van der Waals surface area contributed by atoms with Crippen molar-refractivity contribution in [1.29, 1.82) is 0 Å². The molecule has 2 unspecified atom stereocenters. The summed E-state index contributed by atoms with van der Waals surface area (Å²) in [5.74, 6) is 0.220. The summed E-state index contributed by atoms with van der Waals surface area (Å²) in [5, 5.41) is 0. The monoisotopic (exact) mass is 272 g/mol. The molecular formula is C15H28O4. The molecule has 0 amide bonds. The molecule has 1 aliphatic carbocycles. The van der Waals surface area contributed by atoms with E-state index in [-0.39, 0.29) is 12.6 Å². The van der Waals surface area contributed by atoms with Gasteiger partial charge < -0.3 is 14.2 Å². The van der Waals surface area contributed by atoms with Crippen molar-refractivity contribution in [3.05, 3.63) is 0 Å². The Bertz CT molecular complexity index is 268. The Morgan fingerprint density at radius 1 is 1.26 bits per heavy atom. The molecule has 0 heterocycles. The highest BCUT2D eigenvalue weighted by Gasteiger charge is 2.23. The number of carbonyl (C=O) groups is 1. The van der Waals surface area contributed by atoms with Gasteiger partial charge in [-0.1, -0.05) is 6.42 Å². The van der Waals surface area contributed by atoms with Crippen LogP contribution < -0.4 is 0 Å². The van der Waals surface area contributed by atoms with Gasteiger partial charge in [0, 0.05) is 6.61 Å². The van der Waals surface area contributed by atoms with Crippen molar-refractivity contribution < 1.29 is 19.0 Å². The summed E-state index contributed by atoms with van der Waals surface area (Å²) in [7, 11) is 0. The summed E-state index contributed by atoms with van der Waals surface area (Å²) < 4.78 is 16.3. The quantitative estimate of drug-likeness (QED) is 0.697. The van der Waals surface area contributed by atoms with E-state index in [1.165, 1.54) is 6.42 Å². The zero-order valence-corrected chi connectivity index (χ0v) is 12.7. The molecule has 112 valence electrons. The molecule has 0 aromatic rings. The van der Waals surface area contributed by atoms with Crippen LogP contribution >= 0.6 is 0 Å². The van der Waals surface area contributed by atoms with Gasteiger partial charge in [-0.15, -0.1) is 0 Å². The Balaban J connectivity index is 2.16. The lowest BCUT2D eigenvalue weighted by atomic mass is 9.88. The number of ether oxygens (including phenoxy) is 3. The average molecular weight is 272 g/mol. The van der Waals surface area contributed by atoms with Gasteiger partial charge >= 0.3 is 5.97 Å². The fraction of sp³-hybridized carbons (Fsp3) is 0.933. The van der Waals surface area contributed by atoms with Crippen LogP contribution in [0.15, 0.2) is 0 Å². The second-order valence-electron chi connectivity index (χ2n) is 6.21. The van der Waals surface area contributed by atoms with E-state index >= 15 is 0 Å². The van der Waals surface area contributed by atoms with Crippen LogP contribution in [0.1, 0.15) is 53.4 Å². The Morgan fingerprint density at radius 3 is 2.63 bits per heavy atom. The van der Waals surface area contributed by atoms with Crippen LogP contribution in [0.4, 0.5) is 0 Å². The SMILES string of the molecule is CCOC1CCCC(COCC(=O)OC(C)(C)C)C1. The lowest BCUT2D eigenvalue weighted by Gasteiger charge is -2.28. The summed E-state index contributed by atoms with van der Waals surface area (Å²) in [4.78, 5) is 11.5. The zero-order chi connectivity index (χ0) is 14.3. The van der Waals surface area contributed by atoms with Gasteiger partial charge in [0.05, 0.1) is 12.7 Å². The molecule has 1 rings (SSSR count). The summed E-state index contributed by atoms with van der Waals surface area (Å²) >= 11 is 0. The fourth-order valence-corrected chi connectivity index (χ4v) is 2.46. The van der Waals surface area contributed by atoms with Crippen molar-refractivity contribution >= 4 is 5.97 Å². The van der Waals surface area contributed by atoms with E-state index < -0.39 is 5.60 Å². The van der Waals surface area contributed by atoms with Crippen LogP contribution in [-0.4, -0.2) is 37.5 Å². The minimum Gasteiger partial charge on any atom is -0.458 e. The van der Waals surface area contributed by atoms with E-state index in [0.717, 1.165) is 25.9 Å². The molecule has 0 N–H and O–H groups in total. The third-order valence-electron chi connectivity index (χ3n) is 3.13. The fourth-order valence-electron chi connectivity index (χ4n) is 2.46. The molecule has 1 saturated carbocycles. The van der Waals surface area contributed by atoms with Crippen LogP contribution in [0.2, 0.25) is 0 Å². The first-order valence-corrected chi connectivity index (χ1v) is 7.32. The number of hydrogen-bond donors (Lipinski definition) is 0. The van der Waals surface area contributed by atoms with E-state index in [0.29, 0.717) is 18.6 Å². The first-order valence-electron chi connectivity index (χ1n) is 7.32. The lowest BCUT2D eigenvalue weighted by molar-refractivity contribution is -0.160. The van der Waals surface area contributed by atoms with Gasteiger partial charge in [-0.25, -0.2) is 4.79 Å². The van der Waals surface area contributed by atoms with Crippen LogP contribution in [-0.2, 0) is 19.0 Å². The smallest absolute Gasteiger partial charge is 0.332 e. The third-order valence-corrected chi connectivity index (χ3v) is 3.13. The third kappa shape index (κ3) is 7.53. The first-order chi connectivity index (χ1) is 8.90. The van der Waals surface area contributed by atoms with Crippen molar-refractivity contribution in [1.82, 2.24) is 0 Å². The molecule has 19 heavy (non-hydrogen) atoms. The number of carbonyl (C=O) groups excluding carboxylic acids is 1. The molecular weight excluding hydrogens is 244 g/mol. The highest BCUT2D eigenvalue weighted by atomic mass is 16.6. The lowest BCUT2D eigenvalue weighted by Crippen LogP contribution is -2.29. The van der Waals surface area contributed by atoms with E-state index in [1.54, 1.807) is 0 Å². The molecule has 2 atom stereocenters. The maximum Gasteiger partial charge on any atom is 0.332 e. The van der Waals surface area contributed by atoms with Gasteiger partial charge in [0.25, 0.3) is 0 Å². The van der Waals surface area contributed by atoms with Crippen molar-refractivity contribution in [2.75, 3.05) is 19.8 Å². The summed E-state index contributed by atoms with van der Waals surface area (Å²) in [6.45, 7) is 9.06. The number of hydrogen-bond acceptors (Lipinski definition) is 4. The van der Waals surface area contributed by atoms with Gasteiger partial charge in [0.1, 0.15) is 12.2 Å². The second-order valence-corrected chi connectivity index (χ2v) is 6.21. The molecule has 4 heteroatoms. The largest absolute Gasteiger partial charge is 0.458 e. The molecule has 0 aromatic carbocycles. The standard InChI is InChI=1S/C15H28O4/c1-5-18-13-8-6-7-12(9-13)10-17-11-14(16)19-15(2,3)4/h12-13H,5-11H2,1-4H3. The van der Waals surface area contributed by atoms with Crippen LogP contribution in [0, 0.1) is 5.92 Å².